The molecule has 0 unspecified atom stereocenters. The van der Waals surface area contributed by atoms with Crippen molar-refractivity contribution < 1.29 is 5.11 Å². The van der Waals surface area contributed by atoms with Crippen molar-refractivity contribution in [3.05, 3.63) is 65.4 Å². The summed E-state index contributed by atoms with van der Waals surface area (Å²) in [4.78, 5) is 0. The highest BCUT2D eigenvalue weighted by atomic mass is 32.1. The zero-order valence-electron chi connectivity index (χ0n) is 9.71. The van der Waals surface area contributed by atoms with Crippen LogP contribution >= 0.6 is 11.3 Å². The van der Waals surface area contributed by atoms with E-state index in [0.29, 0.717) is 5.75 Å². The second kappa shape index (κ2) is 4.67. The van der Waals surface area contributed by atoms with Gasteiger partial charge < -0.3 is 5.11 Å². The van der Waals surface area contributed by atoms with Gasteiger partial charge in [0, 0.05) is 0 Å². The van der Waals surface area contributed by atoms with E-state index in [1.807, 2.05) is 35.7 Å². The van der Waals surface area contributed by atoms with Gasteiger partial charge in [-0.25, -0.2) is 0 Å². The molecular formula is C16H12OS. The number of hydrogen-bond donors (Lipinski definition) is 1. The molecule has 2 heteroatoms. The van der Waals surface area contributed by atoms with Gasteiger partial charge in [-0.15, -0.1) is 0 Å². The topological polar surface area (TPSA) is 20.2 Å². The van der Waals surface area contributed by atoms with Crippen LogP contribution in [0.15, 0.2) is 65.4 Å². The molecule has 1 N–H and O–H groups in total. The molecule has 0 saturated carbocycles. The van der Waals surface area contributed by atoms with Crippen molar-refractivity contribution in [2.75, 3.05) is 0 Å². The molecule has 0 spiro atoms. The Balaban J connectivity index is 2.21. The van der Waals surface area contributed by atoms with Crippen LogP contribution in [0.5, 0.6) is 5.75 Å². The van der Waals surface area contributed by atoms with Gasteiger partial charge >= 0.3 is 0 Å². The monoisotopic (exact) mass is 252 g/mol. The largest absolute Gasteiger partial charge is 0.508 e. The summed E-state index contributed by atoms with van der Waals surface area (Å²) in [5, 5.41) is 13.8. The van der Waals surface area contributed by atoms with Gasteiger partial charge in [-0.05, 0) is 51.2 Å². The Morgan fingerprint density at radius 1 is 0.778 bits per heavy atom. The van der Waals surface area contributed by atoms with E-state index in [0.717, 1.165) is 16.7 Å². The van der Waals surface area contributed by atoms with Crippen LogP contribution < -0.4 is 0 Å². The van der Waals surface area contributed by atoms with Crippen LogP contribution in [0, 0.1) is 0 Å². The van der Waals surface area contributed by atoms with E-state index in [-0.39, 0.29) is 0 Å². The highest BCUT2D eigenvalue weighted by molar-refractivity contribution is 7.08. The molecule has 18 heavy (non-hydrogen) atoms. The van der Waals surface area contributed by atoms with Gasteiger partial charge in [0.1, 0.15) is 5.75 Å². The second-order valence-corrected chi connectivity index (χ2v) is 4.89. The molecule has 0 radical (unpaired) electrons. The van der Waals surface area contributed by atoms with Gasteiger partial charge in [-0.2, -0.15) is 11.3 Å². The zero-order chi connectivity index (χ0) is 12.4. The number of phenols is 1. The molecule has 0 aliphatic rings. The number of benzene rings is 2. The second-order valence-electron chi connectivity index (χ2n) is 4.11. The molecule has 0 saturated heterocycles. The molecular weight excluding hydrogens is 240 g/mol. The van der Waals surface area contributed by atoms with Crippen LogP contribution in [0.25, 0.3) is 22.3 Å². The predicted octanol–water partition coefficient (Wildman–Crippen LogP) is 4.79. The van der Waals surface area contributed by atoms with Crippen LogP contribution in [0.1, 0.15) is 0 Å². The summed E-state index contributed by atoms with van der Waals surface area (Å²) in [6, 6.07) is 17.8. The van der Waals surface area contributed by atoms with Crippen molar-refractivity contribution in [3.8, 4) is 28.0 Å². The van der Waals surface area contributed by atoms with Gasteiger partial charge in [0.15, 0.2) is 0 Å². The average Bonchev–Trinajstić information content (AvgIpc) is 2.93. The third kappa shape index (κ3) is 2.03. The normalized spacial score (nSPS) is 10.4. The summed E-state index contributed by atoms with van der Waals surface area (Å²) >= 11 is 1.66. The molecule has 0 bridgehead atoms. The quantitative estimate of drug-likeness (QED) is 0.695. The van der Waals surface area contributed by atoms with E-state index >= 15 is 0 Å². The maximum Gasteiger partial charge on any atom is 0.116 e. The molecule has 88 valence electrons. The summed E-state index contributed by atoms with van der Waals surface area (Å²) in [5.74, 6) is 0.302. The minimum Gasteiger partial charge on any atom is -0.508 e. The standard InChI is InChI=1S/C16H12OS/c17-14-6-7-15(12-4-2-1-3-5-12)16(10-14)13-8-9-18-11-13/h1-11,17H. The Hall–Kier alpha value is -2.06. The lowest BCUT2D eigenvalue weighted by Crippen LogP contribution is -1.83. The van der Waals surface area contributed by atoms with E-state index in [2.05, 4.69) is 23.6 Å². The fourth-order valence-electron chi connectivity index (χ4n) is 2.06. The predicted molar refractivity (Wildman–Crippen MR) is 76.9 cm³/mol. The van der Waals surface area contributed by atoms with E-state index in [9.17, 15) is 5.11 Å². The average molecular weight is 252 g/mol. The fourth-order valence-corrected chi connectivity index (χ4v) is 2.71. The summed E-state index contributed by atoms with van der Waals surface area (Å²) in [6.07, 6.45) is 0. The Bertz CT molecular complexity index is 642. The summed E-state index contributed by atoms with van der Waals surface area (Å²) in [7, 11) is 0. The highest BCUT2D eigenvalue weighted by Gasteiger charge is 2.08. The maximum absolute atomic E-state index is 9.69. The molecule has 0 atom stereocenters. The third-order valence-corrected chi connectivity index (χ3v) is 3.60. The Kier molecular flexibility index (Phi) is 2.87. The molecule has 0 aliphatic heterocycles. The van der Waals surface area contributed by atoms with E-state index < -0.39 is 0 Å². The number of phenolic OH excluding ortho intramolecular Hbond substituents is 1. The minimum atomic E-state index is 0.302. The molecule has 1 nitrogen and oxygen atoms in total. The minimum absolute atomic E-state index is 0.302. The van der Waals surface area contributed by atoms with Gasteiger partial charge in [0.25, 0.3) is 0 Å². The molecule has 3 aromatic rings. The first-order valence-electron chi connectivity index (χ1n) is 5.75. The first-order chi connectivity index (χ1) is 8.84. The number of hydrogen-bond acceptors (Lipinski definition) is 2. The van der Waals surface area contributed by atoms with Gasteiger partial charge in [-0.3, -0.25) is 0 Å². The molecule has 3 rings (SSSR count). The lowest BCUT2D eigenvalue weighted by atomic mass is 9.96. The Morgan fingerprint density at radius 3 is 2.33 bits per heavy atom. The van der Waals surface area contributed by atoms with Crippen LogP contribution in [-0.4, -0.2) is 5.11 Å². The van der Waals surface area contributed by atoms with Crippen LogP contribution in [0.2, 0.25) is 0 Å². The first kappa shape index (κ1) is 11.1. The van der Waals surface area contributed by atoms with Gasteiger partial charge in [0.05, 0.1) is 0 Å². The van der Waals surface area contributed by atoms with Crippen molar-refractivity contribution >= 4 is 11.3 Å². The Morgan fingerprint density at radius 2 is 1.61 bits per heavy atom. The Labute approximate surface area is 110 Å². The number of thiophene rings is 1. The van der Waals surface area contributed by atoms with Crippen molar-refractivity contribution in [2.24, 2.45) is 0 Å². The summed E-state index contributed by atoms with van der Waals surface area (Å²) in [5.41, 5.74) is 4.53. The maximum atomic E-state index is 9.69. The van der Waals surface area contributed by atoms with Crippen molar-refractivity contribution in [3.63, 3.8) is 0 Å². The lowest BCUT2D eigenvalue weighted by molar-refractivity contribution is 0.475. The molecule has 0 amide bonds. The number of rotatable bonds is 2. The van der Waals surface area contributed by atoms with Crippen LogP contribution in [0.3, 0.4) is 0 Å². The van der Waals surface area contributed by atoms with Crippen molar-refractivity contribution in [1.29, 1.82) is 0 Å². The van der Waals surface area contributed by atoms with Gasteiger partial charge in [-0.1, -0.05) is 36.4 Å². The van der Waals surface area contributed by atoms with E-state index in [1.54, 1.807) is 17.4 Å². The fraction of sp³-hybridized carbons (Fsp3) is 0. The highest BCUT2D eigenvalue weighted by Crippen LogP contribution is 2.35. The summed E-state index contributed by atoms with van der Waals surface area (Å²) < 4.78 is 0. The van der Waals surface area contributed by atoms with Crippen LogP contribution in [0.4, 0.5) is 0 Å². The SMILES string of the molecule is Oc1ccc(-c2ccccc2)c(-c2ccsc2)c1. The van der Waals surface area contributed by atoms with E-state index in [4.69, 9.17) is 0 Å². The van der Waals surface area contributed by atoms with Crippen LogP contribution in [-0.2, 0) is 0 Å². The molecule has 0 aliphatic carbocycles. The molecule has 1 heterocycles. The lowest BCUT2D eigenvalue weighted by Gasteiger charge is -2.09. The zero-order valence-corrected chi connectivity index (χ0v) is 10.5. The third-order valence-electron chi connectivity index (χ3n) is 2.92. The summed E-state index contributed by atoms with van der Waals surface area (Å²) in [6.45, 7) is 0. The smallest absolute Gasteiger partial charge is 0.116 e. The van der Waals surface area contributed by atoms with Gasteiger partial charge in [0.2, 0.25) is 0 Å². The number of aromatic hydroxyl groups is 1. The first-order valence-corrected chi connectivity index (χ1v) is 6.70. The van der Waals surface area contributed by atoms with Crippen molar-refractivity contribution in [1.82, 2.24) is 0 Å². The van der Waals surface area contributed by atoms with E-state index in [1.165, 1.54) is 5.56 Å². The molecule has 1 aromatic heterocycles. The molecule has 0 fully saturated rings. The van der Waals surface area contributed by atoms with Crippen molar-refractivity contribution in [2.45, 2.75) is 0 Å². The molecule has 2 aromatic carbocycles.